The van der Waals surface area contributed by atoms with Crippen molar-refractivity contribution in [3.63, 3.8) is 0 Å². The zero-order valence-electron chi connectivity index (χ0n) is 17.1. The van der Waals surface area contributed by atoms with Gasteiger partial charge in [0.2, 0.25) is 0 Å². The smallest absolute Gasteiger partial charge is 0.408 e. The molecular weight excluding hydrogens is 386 g/mol. The first kappa shape index (κ1) is 23.4. The van der Waals surface area contributed by atoms with Crippen LogP contribution in [-0.2, 0) is 27.3 Å². The zero-order chi connectivity index (χ0) is 21.8. The summed E-state index contributed by atoms with van der Waals surface area (Å²) in [6.07, 6.45) is -0.0676. The van der Waals surface area contributed by atoms with Crippen LogP contribution in [0.5, 0.6) is 0 Å². The SMILES string of the molecule is C[C@H](O)C(CCOCC(NC(=O)OCc1ccccc1)C(=O)O)Cc1ccccc1. The first-order valence-corrected chi connectivity index (χ1v) is 9.95. The van der Waals surface area contributed by atoms with Crippen molar-refractivity contribution < 1.29 is 29.3 Å². The molecule has 3 atom stereocenters. The van der Waals surface area contributed by atoms with Crippen molar-refractivity contribution in [3.05, 3.63) is 71.8 Å². The normalized spacial score (nSPS) is 13.8. The quantitative estimate of drug-likeness (QED) is 0.460. The fourth-order valence-electron chi connectivity index (χ4n) is 2.95. The average molecular weight is 415 g/mol. The Morgan fingerprint density at radius 3 is 2.17 bits per heavy atom. The van der Waals surface area contributed by atoms with E-state index >= 15 is 0 Å². The van der Waals surface area contributed by atoms with E-state index < -0.39 is 24.2 Å². The van der Waals surface area contributed by atoms with Crippen molar-refractivity contribution >= 4 is 12.1 Å². The molecule has 0 saturated heterocycles. The number of amides is 1. The van der Waals surface area contributed by atoms with Gasteiger partial charge in [0.1, 0.15) is 6.61 Å². The molecule has 0 aromatic heterocycles. The van der Waals surface area contributed by atoms with Crippen LogP contribution in [0.25, 0.3) is 0 Å². The molecule has 0 heterocycles. The Hall–Kier alpha value is -2.90. The van der Waals surface area contributed by atoms with Gasteiger partial charge in [-0.2, -0.15) is 0 Å². The number of hydrogen-bond donors (Lipinski definition) is 3. The number of carbonyl (C=O) groups excluding carboxylic acids is 1. The number of carbonyl (C=O) groups is 2. The van der Waals surface area contributed by atoms with Crippen LogP contribution in [0.1, 0.15) is 24.5 Å². The maximum Gasteiger partial charge on any atom is 0.408 e. The molecule has 162 valence electrons. The molecule has 2 aromatic carbocycles. The van der Waals surface area contributed by atoms with E-state index in [0.717, 1.165) is 11.1 Å². The number of carboxylic acids is 1. The molecule has 0 bridgehead atoms. The third-order valence-corrected chi connectivity index (χ3v) is 4.74. The maximum absolute atomic E-state index is 11.9. The van der Waals surface area contributed by atoms with E-state index in [0.29, 0.717) is 12.8 Å². The molecule has 0 fully saturated rings. The van der Waals surface area contributed by atoms with Gasteiger partial charge < -0.3 is 25.0 Å². The van der Waals surface area contributed by atoms with E-state index in [9.17, 15) is 19.8 Å². The minimum absolute atomic E-state index is 0.0144. The predicted molar refractivity (Wildman–Crippen MR) is 112 cm³/mol. The Labute approximate surface area is 176 Å². The molecule has 2 rings (SSSR count). The van der Waals surface area contributed by atoms with Crippen LogP contribution < -0.4 is 5.32 Å². The van der Waals surface area contributed by atoms with Crippen molar-refractivity contribution in [3.8, 4) is 0 Å². The molecule has 7 heteroatoms. The fraction of sp³-hybridized carbons (Fsp3) is 0.391. The second-order valence-corrected chi connectivity index (χ2v) is 7.15. The van der Waals surface area contributed by atoms with Crippen LogP contribution in [-0.4, -0.2) is 47.6 Å². The molecule has 0 aliphatic rings. The van der Waals surface area contributed by atoms with Gasteiger partial charge in [0.25, 0.3) is 0 Å². The van der Waals surface area contributed by atoms with Gasteiger partial charge in [-0.05, 0) is 36.8 Å². The lowest BCUT2D eigenvalue weighted by molar-refractivity contribution is -0.141. The van der Waals surface area contributed by atoms with Crippen LogP contribution in [0.15, 0.2) is 60.7 Å². The van der Waals surface area contributed by atoms with E-state index in [2.05, 4.69) is 5.32 Å². The molecule has 30 heavy (non-hydrogen) atoms. The Bertz CT molecular complexity index is 766. The van der Waals surface area contributed by atoms with Gasteiger partial charge in [0, 0.05) is 6.61 Å². The largest absolute Gasteiger partial charge is 0.480 e. The Kier molecular flexibility index (Phi) is 9.83. The van der Waals surface area contributed by atoms with Crippen LogP contribution in [0.3, 0.4) is 0 Å². The molecule has 0 aliphatic heterocycles. The van der Waals surface area contributed by atoms with Crippen molar-refractivity contribution in [1.82, 2.24) is 5.32 Å². The number of hydrogen-bond acceptors (Lipinski definition) is 5. The summed E-state index contributed by atoms with van der Waals surface area (Å²) in [4.78, 5) is 23.3. The van der Waals surface area contributed by atoms with Gasteiger partial charge in [0.15, 0.2) is 6.04 Å². The lowest BCUT2D eigenvalue weighted by Gasteiger charge is -2.21. The number of benzene rings is 2. The van der Waals surface area contributed by atoms with E-state index in [1.807, 2.05) is 48.5 Å². The summed E-state index contributed by atoms with van der Waals surface area (Å²) >= 11 is 0. The summed E-state index contributed by atoms with van der Waals surface area (Å²) in [5.74, 6) is -1.22. The van der Waals surface area contributed by atoms with Gasteiger partial charge in [-0.15, -0.1) is 0 Å². The average Bonchev–Trinajstić information content (AvgIpc) is 2.74. The standard InChI is InChI=1S/C23H29NO6/c1-17(25)20(14-18-8-4-2-5-9-18)12-13-29-16-21(22(26)27)24-23(28)30-15-19-10-6-3-7-11-19/h2-11,17,20-21,25H,12-16H2,1H3,(H,24,28)(H,26,27)/t17-,20?,21?/m0/s1. The van der Waals surface area contributed by atoms with E-state index in [1.165, 1.54) is 0 Å². The van der Waals surface area contributed by atoms with E-state index in [1.54, 1.807) is 19.1 Å². The summed E-state index contributed by atoms with van der Waals surface area (Å²) in [6, 6.07) is 17.7. The molecule has 0 spiro atoms. The van der Waals surface area contributed by atoms with Gasteiger partial charge in [0.05, 0.1) is 12.7 Å². The molecule has 2 aromatic rings. The monoisotopic (exact) mass is 415 g/mol. The molecule has 0 aliphatic carbocycles. The summed E-state index contributed by atoms with van der Waals surface area (Å²) < 4.78 is 10.5. The maximum atomic E-state index is 11.9. The topological polar surface area (TPSA) is 105 Å². The Morgan fingerprint density at radius 2 is 1.60 bits per heavy atom. The van der Waals surface area contributed by atoms with Gasteiger partial charge >= 0.3 is 12.1 Å². The highest BCUT2D eigenvalue weighted by Gasteiger charge is 2.22. The highest BCUT2D eigenvalue weighted by Crippen LogP contribution is 2.16. The Morgan fingerprint density at radius 1 is 1.00 bits per heavy atom. The summed E-state index contributed by atoms with van der Waals surface area (Å²) in [5, 5.41) is 21.6. The third-order valence-electron chi connectivity index (χ3n) is 4.74. The molecule has 7 nitrogen and oxygen atoms in total. The van der Waals surface area contributed by atoms with Crippen molar-refractivity contribution in [1.29, 1.82) is 0 Å². The molecule has 2 unspecified atom stereocenters. The number of aliphatic carboxylic acids is 1. The predicted octanol–water partition coefficient (Wildman–Crippen LogP) is 3.01. The van der Waals surface area contributed by atoms with Crippen molar-refractivity contribution in [2.75, 3.05) is 13.2 Å². The van der Waals surface area contributed by atoms with Crippen LogP contribution >= 0.6 is 0 Å². The van der Waals surface area contributed by atoms with E-state index in [4.69, 9.17) is 9.47 Å². The minimum atomic E-state index is -1.22. The lowest BCUT2D eigenvalue weighted by atomic mass is 9.92. The van der Waals surface area contributed by atoms with Crippen molar-refractivity contribution in [2.24, 2.45) is 5.92 Å². The number of carboxylic acid groups (broad SMARTS) is 1. The lowest BCUT2D eigenvalue weighted by Crippen LogP contribution is -2.44. The highest BCUT2D eigenvalue weighted by molar-refractivity contribution is 5.80. The number of alkyl carbamates (subject to hydrolysis) is 1. The number of aliphatic hydroxyl groups excluding tert-OH is 1. The van der Waals surface area contributed by atoms with E-state index in [-0.39, 0.29) is 25.7 Å². The summed E-state index contributed by atoms with van der Waals surface area (Å²) in [7, 11) is 0. The first-order valence-electron chi connectivity index (χ1n) is 9.95. The molecule has 0 saturated carbocycles. The first-order chi connectivity index (χ1) is 14.5. The zero-order valence-corrected chi connectivity index (χ0v) is 17.1. The molecule has 3 N–H and O–H groups in total. The van der Waals surface area contributed by atoms with Crippen LogP contribution in [0.4, 0.5) is 4.79 Å². The third kappa shape index (κ3) is 8.63. The summed E-state index contributed by atoms with van der Waals surface area (Å²) in [5.41, 5.74) is 1.92. The molecule has 1 amide bonds. The number of rotatable bonds is 12. The van der Waals surface area contributed by atoms with Gasteiger partial charge in [-0.25, -0.2) is 9.59 Å². The second kappa shape index (κ2) is 12.6. The molecular formula is C23H29NO6. The van der Waals surface area contributed by atoms with Crippen LogP contribution in [0, 0.1) is 5.92 Å². The summed E-state index contributed by atoms with van der Waals surface area (Å²) in [6.45, 7) is 1.87. The van der Waals surface area contributed by atoms with Crippen LogP contribution in [0.2, 0.25) is 0 Å². The highest BCUT2D eigenvalue weighted by atomic mass is 16.5. The number of nitrogens with one attached hydrogen (secondary N) is 1. The van der Waals surface area contributed by atoms with Gasteiger partial charge in [-0.3, -0.25) is 0 Å². The fourth-order valence-corrected chi connectivity index (χ4v) is 2.95. The minimum Gasteiger partial charge on any atom is -0.480 e. The molecule has 0 radical (unpaired) electrons. The van der Waals surface area contributed by atoms with Gasteiger partial charge in [-0.1, -0.05) is 60.7 Å². The number of aliphatic hydroxyl groups is 1. The number of ether oxygens (including phenoxy) is 2. The van der Waals surface area contributed by atoms with Crippen molar-refractivity contribution in [2.45, 2.75) is 38.5 Å². The second-order valence-electron chi connectivity index (χ2n) is 7.15. The Balaban J connectivity index is 1.74.